The van der Waals surface area contributed by atoms with Crippen LogP contribution < -0.4 is 0 Å². The van der Waals surface area contributed by atoms with E-state index in [1.165, 1.54) is 0 Å². The largest absolute Gasteiger partial charge is 0.388 e. The maximum atomic E-state index is 12.8. The van der Waals surface area contributed by atoms with Gasteiger partial charge in [-0.05, 0) is 43.9 Å². The third-order valence-corrected chi connectivity index (χ3v) is 5.09. The molecule has 1 aromatic carbocycles. The molecule has 1 saturated carbocycles. The van der Waals surface area contributed by atoms with Gasteiger partial charge in [0.25, 0.3) is 0 Å². The summed E-state index contributed by atoms with van der Waals surface area (Å²) in [6.07, 6.45) is 1.17. The van der Waals surface area contributed by atoms with Crippen LogP contribution in [0.1, 0.15) is 31.7 Å². The van der Waals surface area contributed by atoms with Gasteiger partial charge < -0.3 is 15.1 Å². The summed E-state index contributed by atoms with van der Waals surface area (Å²) >= 11 is 5.90. The van der Waals surface area contributed by atoms with Crippen LogP contribution in [0, 0.1) is 0 Å². The zero-order chi connectivity index (χ0) is 15.3. The molecule has 0 radical (unpaired) electrons. The average molecular weight is 310 g/mol. The number of carbonyl (C=O) groups is 1. The van der Waals surface area contributed by atoms with E-state index in [1.807, 2.05) is 12.1 Å². The number of aliphatic hydroxyl groups excluding tert-OH is 1. The van der Waals surface area contributed by atoms with Gasteiger partial charge in [-0.25, -0.2) is 0 Å². The Bertz CT molecular complexity index is 551. The Labute approximate surface area is 129 Å². The second-order valence-electron chi connectivity index (χ2n) is 6.46. The van der Waals surface area contributed by atoms with Crippen molar-refractivity contribution in [3.05, 3.63) is 34.9 Å². The summed E-state index contributed by atoms with van der Waals surface area (Å²) in [5.41, 5.74) is -0.565. The number of nitrogens with zero attached hydrogens (tertiary/aromatic N) is 1. The number of hydrogen-bond acceptors (Lipinski definition) is 3. The molecule has 2 aliphatic rings. The second kappa shape index (κ2) is 4.97. The zero-order valence-corrected chi connectivity index (χ0v) is 12.8. The molecule has 21 heavy (non-hydrogen) atoms. The van der Waals surface area contributed by atoms with E-state index in [0.717, 1.165) is 18.4 Å². The van der Waals surface area contributed by atoms with Crippen LogP contribution in [-0.4, -0.2) is 45.8 Å². The molecule has 2 N–H and O–H groups in total. The van der Waals surface area contributed by atoms with Crippen molar-refractivity contribution in [2.75, 3.05) is 13.1 Å². The number of benzene rings is 1. The molecule has 0 bridgehead atoms. The van der Waals surface area contributed by atoms with Crippen molar-refractivity contribution < 1.29 is 15.0 Å². The van der Waals surface area contributed by atoms with Crippen LogP contribution in [0.4, 0.5) is 0 Å². The molecule has 0 spiro atoms. The highest BCUT2D eigenvalue weighted by Gasteiger charge is 2.54. The van der Waals surface area contributed by atoms with Crippen molar-refractivity contribution in [3.8, 4) is 0 Å². The van der Waals surface area contributed by atoms with Crippen LogP contribution in [0.5, 0.6) is 0 Å². The van der Waals surface area contributed by atoms with Gasteiger partial charge in [0, 0.05) is 18.1 Å². The van der Waals surface area contributed by atoms with Crippen molar-refractivity contribution >= 4 is 17.5 Å². The lowest BCUT2D eigenvalue weighted by atomic mass is 9.88. The number of piperidine rings is 1. The van der Waals surface area contributed by atoms with Gasteiger partial charge in [-0.15, -0.1) is 0 Å². The van der Waals surface area contributed by atoms with Gasteiger partial charge in [-0.3, -0.25) is 4.79 Å². The topological polar surface area (TPSA) is 60.8 Å². The number of rotatable bonds is 2. The molecule has 1 heterocycles. The molecule has 1 aliphatic heterocycles. The minimum atomic E-state index is -1.10. The molecule has 114 valence electrons. The molecular weight excluding hydrogens is 290 g/mol. The predicted molar refractivity (Wildman–Crippen MR) is 80.2 cm³/mol. The minimum absolute atomic E-state index is 0.0550. The van der Waals surface area contributed by atoms with Crippen LogP contribution in [0.25, 0.3) is 0 Å². The maximum Gasteiger partial charge on any atom is 0.233 e. The Morgan fingerprint density at radius 1 is 1.29 bits per heavy atom. The first-order valence-electron chi connectivity index (χ1n) is 7.31. The van der Waals surface area contributed by atoms with Crippen LogP contribution in [-0.2, 0) is 10.2 Å². The zero-order valence-electron chi connectivity index (χ0n) is 12.1. The van der Waals surface area contributed by atoms with Gasteiger partial charge in [0.15, 0.2) is 0 Å². The lowest BCUT2D eigenvalue weighted by Crippen LogP contribution is -2.56. The van der Waals surface area contributed by atoms with E-state index < -0.39 is 17.1 Å². The van der Waals surface area contributed by atoms with Gasteiger partial charge in [0.2, 0.25) is 5.91 Å². The normalized spacial score (nSPS) is 31.0. The Morgan fingerprint density at radius 3 is 2.43 bits per heavy atom. The van der Waals surface area contributed by atoms with Gasteiger partial charge >= 0.3 is 0 Å². The van der Waals surface area contributed by atoms with Gasteiger partial charge in [-0.2, -0.15) is 0 Å². The van der Waals surface area contributed by atoms with Crippen molar-refractivity contribution in [3.63, 3.8) is 0 Å². The highest BCUT2D eigenvalue weighted by molar-refractivity contribution is 6.30. The molecule has 1 aromatic rings. The van der Waals surface area contributed by atoms with Gasteiger partial charge in [0.05, 0.1) is 17.1 Å². The standard InChI is InChI=1S/C16H20ClNO3/c1-15(21)8-9-18(10-13(15)19)14(20)16(6-7-16)11-2-4-12(17)5-3-11/h2-5,13,19,21H,6-10H2,1H3/t13-,15+/m0/s1. The summed E-state index contributed by atoms with van der Waals surface area (Å²) in [4.78, 5) is 14.5. The number of hydrogen-bond donors (Lipinski definition) is 2. The smallest absolute Gasteiger partial charge is 0.233 e. The van der Waals surface area contributed by atoms with Crippen molar-refractivity contribution in [1.29, 1.82) is 0 Å². The third-order valence-electron chi connectivity index (χ3n) is 4.84. The van der Waals surface area contributed by atoms with E-state index in [-0.39, 0.29) is 12.5 Å². The molecule has 1 amide bonds. The van der Waals surface area contributed by atoms with Crippen molar-refractivity contribution in [2.45, 2.75) is 43.3 Å². The Kier molecular flexibility index (Phi) is 3.51. The van der Waals surface area contributed by atoms with E-state index in [9.17, 15) is 15.0 Å². The number of likely N-dealkylation sites (tertiary alicyclic amines) is 1. The summed E-state index contributed by atoms with van der Waals surface area (Å²) in [7, 11) is 0. The van der Waals surface area contributed by atoms with Gasteiger partial charge in [-0.1, -0.05) is 23.7 Å². The van der Waals surface area contributed by atoms with Gasteiger partial charge in [0.1, 0.15) is 0 Å². The first-order valence-corrected chi connectivity index (χ1v) is 7.69. The molecule has 2 fully saturated rings. The fraction of sp³-hybridized carbons (Fsp3) is 0.562. The first-order chi connectivity index (χ1) is 9.85. The lowest BCUT2D eigenvalue weighted by molar-refractivity contribution is -0.148. The fourth-order valence-corrected chi connectivity index (χ4v) is 3.16. The van der Waals surface area contributed by atoms with Crippen LogP contribution in [0.3, 0.4) is 0 Å². The van der Waals surface area contributed by atoms with Crippen LogP contribution in [0.2, 0.25) is 5.02 Å². The average Bonchev–Trinajstić information content (AvgIpc) is 3.23. The summed E-state index contributed by atoms with van der Waals surface area (Å²) in [5, 5.41) is 20.7. The number of halogens is 1. The Hall–Kier alpha value is -1.10. The number of amides is 1. The molecule has 1 saturated heterocycles. The monoisotopic (exact) mass is 309 g/mol. The molecule has 0 aromatic heterocycles. The fourth-order valence-electron chi connectivity index (χ4n) is 3.03. The third kappa shape index (κ3) is 2.56. The summed E-state index contributed by atoms with van der Waals surface area (Å²) < 4.78 is 0. The highest BCUT2D eigenvalue weighted by atomic mass is 35.5. The quantitative estimate of drug-likeness (QED) is 0.874. The van der Waals surface area contributed by atoms with E-state index in [2.05, 4.69) is 0 Å². The summed E-state index contributed by atoms with van der Waals surface area (Å²) in [6.45, 7) is 2.30. The molecule has 4 nitrogen and oxygen atoms in total. The molecular formula is C16H20ClNO3. The molecule has 2 atom stereocenters. The molecule has 3 rings (SSSR count). The summed E-state index contributed by atoms with van der Waals surface area (Å²) in [6, 6.07) is 7.42. The molecule has 0 unspecified atom stereocenters. The number of aliphatic hydroxyl groups is 2. The Morgan fingerprint density at radius 2 is 1.90 bits per heavy atom. The van der Waals surface area contributed by atoms with E-state index >= 15 is 0 Å². The Balaban J connectivity index is 1.78. The second-order valence-corrected chi connectivity index (χ2v) is 6.90. The maximum absolute atomic E-state index is 12.8. The molecule has 1 aliphatic carbocycles. The van der Waals surface area contributed by atoms with E-state index in [4.69, 9.17) is 11.6 Å². The van der Waals surface area contributed by atoms with E-state index in [1.54, 1.807) is 24.0 Å². The van der Waals surface area contributed by atoms with Crippen molar-refractivity contribution in [2.24, 2.45) is 0 Å². The number of β-amino-alcohol motifs (C(OH)–C–C–N with tert-alkyl or cyclic N) is 1. The number of carbonyl (C=O) groups excluding carboxylic acids is 1. The lowest BCUT2D eigenvalue weighted by Gasteiger charge is -2.41. The van der Waals surface area contributed by atoms with Crippen LogP contribution >= 0.6 is 11.6 Å². The highest BCUT2D eigenvalue weighted by Crippen LogP contribution is 2.50. The van der Waals surface area contributed by atoms with Crippen LogP contribution in [0.15, 0.2) is 24.3 Å². The van der Waals surface area contributed by atoms with Crippen molar-refractivity contribution in [1.82, 2.24) is 4.90 Å². The minimum Gasteiger partial charge on any atom is -0.388 e. The summed E-state index contributed by atoms with van der Waals surface area (Å²) in [5.74, 6) is 0.0550. The molecule has 5 heteroatoms. The van der Waals surface area contributed by atoms with E-state index in [0.29, 0.717) is 18.0 Å². The SMILES string of the molecule is C[C@@]1(O)CCN(C(=O)C2(c3ccc(Cl)cc3)CC2)C[C@@H]1O. The predicted octanol–water partition coefficient (Wildman–Crippen LogP) is 1.72. The first kappa shape index (κ1) is 14.8.